The van der Waals surface area contributed by atoms with E-state index in [0.29, 0.717) is 31.4 Å². The van der Waals surface area contributed by atoms with Gasteiger partial charge in [0.05, 0.1) is 18.9 Å². The first kappa shape index (κ1) is 28.1. The predicted molar refractivity (Wildman–Crippen MR) is 159 cm³/mol. The van der Waals surface area contributed by atoms with E-state index in [9.17, 15) is 9.59 Å². The van der Waals surface area contributed by atoms with Crippen molar-refractivity contribution in [1.82, 2.24) is 25.7 Å². The maximum Gasteiger partial charge on any atom is 0.272 e. The highest BCUT2D eigenvalue weighted by Gasteiger charge is 2.59. The molecule has 2 amide bonds. The lowest BCUT2D eigenvalue weighted by Gasteiger charge is -2.43. The molecule has 40 heavy (non-hydrogen) atoms. The number of nitrogens with one attached hydrogen (secondary N) is 3. The molecule has 2 saturated carbocycles. The summed E-state index contributed by atoms with van der Waals surface area (Å²) in [6.07, 6.45) is 3.54. The summed E-state index contributed by atoms with van der Waals surface area (Å²) in [6, 6.07) is 16.9. The first-order chi connectivity index (χ1) is 19.0. The second-order valence-corrected chi connectivity index (χ2v) is 12.8. The highest BCUT2D eigenvalue weighted by molar-refractivity contribution is 5.96. The van der Waals surface area contributed by atoms with Crippen LogP contribution in [0.5, 0.6) is 0 Å². The van der Waals surface area contributed by atoms with Crippen molar-refractivity contribution in [2.75, 3.05) is 6.67 Å². The third kappa shape index (κ3) is 5.44. The van der Waals surface area contributed by atoms with E-state index in [1.807, 2.05) is 4.68 Å². The highest BCUT2D eigenvalue weighted by Crippen LogP contribution is 2.62. The van der Waals surface area contributed by atoms with E-state index in [0.717, 1.165) is 35.2 Å². The lowest BCUT2D eigenvalue weighted by Crippen LogP contribution is -2.52. The molecule has 0 spiro atoms. The van der Waals surface area contributed by atoms with Gasteiger partial charge in [0.1, 0.15) is 0 Å². The summed E-state index contributed by atoms with van der Waals surface area (Å²) < 4.78 is 1.97. The van der Waals surface area contributed by atoms with E-state index in [2.05, 4.69) is 99.1 Å². The zero-order valence-electron chi connectivity index (χ0n) is 24.7. The Morgan fingerprint density at radius 2 is 1.65 bits per heavy atom. The first-order valence-corrected chi connectivity index (χ1v) is 14.5. The number of carbonyl (C=O) groups is 2. The summed E-state index contributed by atoms with van der Waals surface area (Å²) >= 11 is 0. The molecule has 5 rings (SSSR count). The first-order valence-electron chi connectivity index (χ1n) is 14.5. The van der Waals surface area contributed by atoms with Crippen LogP contribution >= 0.6 is 0 Å². The van der Waals surface area contributed by atoms with Crippen LogP contribution in [0.25, 0.3) is 11.3 Å². The quantitative estimate of drug-likeness (QED) is 0.252. The average Bonchev–Trinajstić information content (AvgIpc) is 3.53. The fourth-order valence-electron chi connectivity index (χ4n) is 7.10. The number of fused-ring (bicyclic) bond motifs is 2. The third-order valence-electron chi connectivity index (χ3n) is 9.35. The van der Waals surface area contributed by atoms with E-state index in [1.165, 1.54) is 24.5 Å². The fourth-order valence-corrected chi connectivity index (χ4v) is 7.10. The largest absolute Gasteiger partial charge is 0.347 e. The molecule has 3 N–H and O–H groups in total. The Balaban J connectivity index is 1.56. The number of aromatic nitrogens is 2. The zero-order chi connectivity index (χ0) is 28.7. The zero-order valence-corrected chi connectivity index (χ0v) is 24.7. The van der Waals surface area contributed by atoms with Gasteiger partial charge >= 0.3 is 0 Å². The molecule has 3 aromatic rings. The second kappa shape index (κ2) is 10.8. The van der Waals surface area contributed by atoms with Gasteiger partial charge in [-0.2, -0.15) is 5.10 Å². The minimum Gasteiger partial charge on any atom is -0.347 e. The minimum atomic E-state index is -0.126. The van der Waals surface area contributed by atoms with Gasteiger partial charge in [0.25, 0.3) is 5.91 Å². The van der Waals surface area contributed by atoms with Crippen LogP contribution in [-0.4, -0.2) is 34.3 Å². The minimum absolute atomic E-state index is 0.0384. The van der Waals surface area contributed by atoms with Crippen LogP contribution in [0, 0.1) is 30.6 Å². The third-order valence-corrected chi connectivity index (χ3v) is 9.35. The van der Waals surface area contributed by atoms with Crippen molar-refractivity contribution in [1.29, 1.82) is 0 Å². The molecule has 2 aliphatic carbocycles. The number of aryl methyl sites for hydroxylation is 2. The molecule has 3 unspecified atom stereocenters. The summed E-state index contributed by atoms with van der Waals surface area (Å²) in [4.78, 5) is 25.6. The molecule has 1 aromatic heterocycles. The summed E-state index contributed by atoms with van der Waals surface area (Å²) in [5, 5.41) is 14.6. The Morgan fingerprint density at radius 3 is 2.25 bits per heavy atom. The monoisotopic (exact) mass is 541 g/mol. The van der Waals surface area contributed by atoms with Crippen molar-refractivity contribution in [3.05, 3.63) is 76.5 Å². The summed E-state index contributed by atoms with van der Waals surface area (Å²) in [5.74, 6) is 0.397. The number of hydrogen-bond acceptors (Lipinski definition) is 4. The molecule has 0 radical (unpaired) electrons. The van der Waals surface area contributed by atoms with Gasteiger partial charge in [-0.1, -0.05) is 80.4 Å². The second-order valence-electron chi connectivity index (χ2n) is 12.8. The van der Waals surface area contributed by atoms with Crippen LogP contribution in [0.1, 0.15) is 79.7 Å². The topological polar surface area (TPSA) is 88.1 Å². The van der Waals surface area contributed by atoms with Gasteiger partial charge in [0.2, 0.25) is 5.91 Å². The molecule has 7 heteroatoms. The maximum absolute atomic E-state index is 14.1. The van der Waals surface area contributed by atoms with Crippen LogP contribution in [0.3, 0.4) is 0 Å². The van der Waals surface area contributed by atoms with E-state index < -0.39 is 0 Å². The van der Waals surface area contributed by atoms with Crippen molar-refractivity contribution in [2.45, 2.75) is 79.9 Å². The van der Waals surface area contributed by atoms with E-state index >= 15 is 0 Å². The summed E-state index contributed by atoms with van der Waals surface area (Å²) in [7, 11) is 0. The van der Waals surface area contributed by atoms with Crippen LogP contribution in [0.2, 0.25) is 0 Å². The van der Waals surface area contributed by atoms with Crippen molar-refractivity contribution in [3.8, 4) is 11.3 Å². The molecule has 2 aliphatic rings. The average molecular weight is 542 g/mol. The van der Waals surface area contributed by atoms with Crippen LogP contribution in [0.15, 0.2) is 48.5 Å². The van der Waals surface area contributed by atoms with Crippen molar-refractivity contribution >= 4 is 11.8 Å². The number of hydrogen-bond donors (Lipinski definition) is 3. The number of rotatable bonds is 9. The molecule has 7 nitrogen and oxygen atoms in total. The predicted octanol–water partition coefficient (Wildman–Crippen LogP) is 5.34. The van der Waals surface area contributed by atoms with Gasteiger partial charge in [-0.25, -0.2) is 0 Å². The van der Waals surface area contributed by atoms with Gasteiger partial charge in [-0.05, 0) is 55.4 Å². The van der Waals surface area contributed by atoms with Crippen LogP contribution in [0.4, 0.5) is 0 Å². The maximum atomic E-state index is 14.1. The standard InChI is InChI=1S/C33H43N5O2/c1-21-7-11-24(12-8-21)19-38-29(25-13-9-22(2)10-14-25)27(18-34-20-35-23(3)39)28(37-38)30(40)36-31-32(4,5)26-15-16-33(31,6)17-26/h7-14,26,31,34H,15-20H2,1-6H3,(H,35,39)(H,36,40). The Kier molecular flexibility index (Phi) is 7.62. The molecular weight excluding hydrogens is 498 g/mol. The lowest BCUT2D eigenvalue weighted by molar-refractivity contribution is -0.119. The molecule has 0 saturated heterocycles. The Labute approximate surface area is 238 Å². The normalized spacial score (nSPS) is 22.9. The Morgan fingerprint density at radius 1 is 1.00 bits per heavy atom. The van der Waals surface area contributed by atoms with Gasteiger partial charge in [-0.15, -0.1) is 0 Å². The lowest BCUT2D eigenvalue weighted by atomic mass is 9.68. The van der Waals surface area contributed by atoms with E-state index in [-0.39, 0.29) is 28.7 Å². The molecule has 1 heterocycles. The van der Waals surface area contributed by atoms with Gasteiger partial charge < -0.3 is 10.6 Å². The Hall–Kier alpha value is -3.45. The summed E-state index contributed by atoms with van der Waals surface area (Å²) in [5.41, 5.74) is 6.84. The number of nitrogens with zero attached hydrogens (tertiary/aromatic N) is 2. The van der Waals surface area contributed by atoms with E-state index in [4.69, 9.17) is 5.10 Å². The SMILES string of the molecule is CC(=O)NCNCc1c(C(=O)NC2C3(C)CCC(C3)C2(C)C)nn(Cc2ccc(C)cc2)c1-c1ccc(C)cc1. The van der Waals surface area contributed by atoms with Gasteiger partial charge in [-0.3, -0.25) is 19.6 Å². The molecule has 0 aliphatic heterocycles. The van der Waals surface area contributed by atoms with Gasteiger partial charge in [0.15, 0.2) is 5.69 Å². The molecular formula is C33H43N5O2. The van der Waals surface area contributed by atoms with Crippen molar-refractivity contribution in [2.24, 2.45) is 16.7 Å². The van der Waals surface area contributed by atoms with Crippen molar-refractivity contribution in [3.63, 3.8) is 0 Å². The molecule has 2 aromatic carbocycles. The molecule has 2 fully saturated rings. The van der Waals surface area contributed by atoms with E-state index in [1.54, 1.807) is 0 Å². The smallest absolute Gasteiger partial charge is 0.272 e. The number of benzene rings is 2. The van der Waals surface area contributed by atoms with Crippen LogP contribution < -0.4 is 16.0 Å². The summed E-state index contributed by atoms with van der Waals surface area (Å²) in [6.45, 7) is 13.8. The van der Waals surface area contributed by atoms with Crippen LogP contribution in [-0.2, 0) is 17.9 Å². The fraction of sp³-hybridized carbons (Fsp3) is 0.485. The Bertz CT molecular complexity index is 1380. The molecule has 212 valence electrons. The molecule has 3 atom stereocenters. The number of amides is 2. The highest BCUT2D eigenvalue weighted by atomic mass is 16.2. The number of carbonyl (C=O) groups excluding carboxylic acids is 2. The van der Waals surface area contributed by atoms with Crippen molar-refractivity contribution < 1.29 is 9.59 Å². The van der Waals surface area contributed by atoms with Gasteiger partial charge in [0, 0.05) is 30.6 Å². The molecule has 2 bridgehead atoms.